The molecule has 1 fully saturated rings. The molecule has 0 spiro atoms. The molecule has 2 aromatic heterocycles. The summed E-state index contributed by atoms with van der Waals surface area (Å²) in [6, 6.07) is 12.0. The predicted octanol–water partition coefficient (Wildman–Crippen LogP) is 4.95. The smallest absolute Gasteiger partial charge is 0.142 e. The van der Waals surface area contributed by atoms with Crippen LogP contribution in [0.3, 0.4) is 0 Å². The Labute approximate surface area is 152 Å². The van der Waals surface area contributed by atoms with Gasteiger partial charge < -0.3 is 9.64 Å². The van der Waals surface area contributed by atoms with Gasteiger partial charge in [-0.15, -0.1) is 0 Å². The highest BCUT2D eigenvalue weighted by Crippen LogP contribution is 2.35. The molecule has 0 saturated carbocycles. The van der Waals surface area contributed by atoms with Crippen molar-refractivity contribution in [3.05, 3.63) is 47.7 Å². The average Bonchev–Trinajstić information content (AvgIpc) is 2.68. The van der Waals surface area contributed by atoms with Gasteiger partial charge in [0.25, 0.3) is 0 Å². The normalized spacial score (nSPS) is 14.7. The van der Waals surface area contributed by atoms with Crippen molar-refractivity contribution in [1.82, 2.24) is 9.97 Å². The zero-order valence-corrected chi connectivity index (χ0v) is 15.0. The molecule has 4 rings (SSSR count). The molecule has 0 radical (unpaired) electrons. The van der Waals surface area contributed by atoms with E-state index in [1.807, 2.05) is 24.3 Å². The standard InChI is InChI=1S/C20H20ClN3O/c1-25-19-12-14(7-8-18(19)24-10-3-2-4-11-24)16-13-17-15(20(21)23-16)6-5-9-22-17/h5-9,12-13H,2-4,10-11H2,1H3. The summed E-state index contributed by atoms with van der Waals surface area (Å²) in [6.07, 6.45) is 5.54. The highest BCUT2D eigenvalue weighted by atomic mass is 35.5. The number of ether oxygens (including phenoxy) is 1. The van der Waals surface area contributed by atoms with Gasteiger partial charge in [-0.2, -0.15) is 0 Å². The number of anilines is 1. The molecular weight excluding hydrogens is 334 g/mol. The fourth-order valence-electron chi connectivity index (χ4n) is 3.42. The monoisotopic (exact) mass is 353 g/mol. The van der Waals surface area contributed by atoms with Crippen LogP contribution in [-0.4, -0.2) is 30.2 Å². The van der Waals surface area contributed by atoms with Gasteiger partial charge in [0, 0.05) is 30.2 Å². The van der Waals surface area contributed by atoms with Gasteiger partial charge >= 0.3 is 0 Å². The van der Waals surface area contributed by atoms with Gasteiger partial charge in [0.2, 0.25) is 0 Å². The molecule has 0 amide bonds. The minimum absolute atomic E-state index is 0.472. The van der Waals surface area contributed by atoms with Crippen LogP contribution < -0.4 is 9.64 Å². The van der Waals surface area contributed by atoms with Crippen LogP contribution in [0.4, 0.5) is 5.69 Å². The van der Waals surface area contributed by atoms with Crippen molar-refractivity contribution in [1.29, 1.82) is 0 Å². The second kappa shape index (κ2) is 6.89. The minimum Gasteiger partial charge on any atom is -0.495 e. The van der Waals surface area contributed by atoms with Gasteiger partial charge in [-0.05, 0) is 49.6 Å². The molecule has 0 atom stereocenters. The Morgan fingerprint density at radius 1 is 1.08 bits per heavy atom. The lowest BCUT2D eigenvalue weighted by molar-refractivity contribution is 0.413. The quantitative estimate of drug-likeness (QED) is 0.624. The van der Waals surface area contributed by atoms with Crippen molar-refractivity contribution in [2.24, 2.45) is 0 Å². The zero-order chi connectivity index (χ0) is 17.2. The summed E-state index contributed by atoms with van der Waals surface area (Å²) >= 11 is 6.35. The molecule has 25 heavy (non-hydrogen) atoms. The average molecular weight is 354 g/mol. The number of pyridine rings is 2. The lowest BCUT2D eigenvalue weighted by Crippen LogP contribution is -2.29. The van der Waals surface area contributed by atoms with Crippen molar-refractivity contribution < 1.29 is 4.74 Å². The number of piperidine rings is 1. The number of hydrogen-bond acceptors (Lipinski definition) is 4. The van der Waals surface area contributed by atoms with Gasteiger partial charge in [0.1, 0.15) is 10.9 Å². The third kappa shape index (κ3) is 3.14. The summed E-state index contributed by atoms with van der Waals surface area (Å²) in [7, 11) is 1.72. The first kappa shape index (κ1) is 16.2. The molecule has 1 aliphatic rings. The summed E-state index contributed by atoms with van der Waals surface area (Å²) in [4.78, 5) is 11.3. The van der Waals surface area contributed by atoms with E-state index in [9.17, 15) is 0 Å². The lowest BCUT2D eigenvalue weighted by Gasteiger charge is -2.30. The van der Waals surface area contributed by atoms with Crippen LogP contribution in [0.2, 0.25) is 5.15 Å². The van der Waals surface area contributed by atoms with Crippen LogP contribution in [0.1, 0.15) is 19.3 Å². The maximum atomic E-state index is 6.35. The van der Waals surface area contributed by atoms with Crippen molar-refractivity contribution in [2.45, 2.75) is 19.3 Å². The number of nitrogens with zero attached hydrogens (tertiary/aromatic N) is 3. The molecule has 0 bridgehead atoms. The molecule has 5 heteroatoms. The van der Waals surface area contributed by atoms with Crippen LogP contribution in [0.15, 0.2) is 42.6 Å². The summed E-state index contributed by atoms with van der Waals surface area (Å²) < 4.78 is 5.66. The Morgan fingerprint density at radius 3 is 2.72 bits per heavy atom. The molecule has 4 nitrogen and oxygen atoms in total. The molecule has 1 saturated heterocycles. The second-order valence-corrected chi connectivity index (χ2v) is 6.66. The summed E-state index contributed by atoms with van der Waals surface area (Å²) in [5, 5.41) is 1.34. The number of fused-ring (bicyclic) bond motifs is 1. The van der Waals surface area contributed by atoms with Crippen molar-refractivity contribution in [3.8, 4) is 17.0 Å². The fourth-order valence-corrected chi connectivity index (χ4v) is 3.67. The van der Waals surface area contributed by atoms with Gasteiger partial charge in [0.05, 0.1) is 24.0 Å². The van der Waals surface area contributed by atoms with Gasteiger partial charge in [-0.1, -0.05) is 17.7 Å². The fraction of sp³-hybridized carbons (Fsp3) is 0.300. The number of rotatable bonds is 3. The first-order chi connectivity index (χ1) is 12.3. The third-order valence-electron chi connectivity index (χ3n) is 4.73. The van der Waals surface area contributed by atoms with Crippen molar-refractivity contribution in [2.75, 3.05) is 25.1 Å². The Bertz CT molecular complexity index is 907. The first-order valence-corrected chi connectivity index (χ1v) is 8.99. The van der Waals surface area contributed by atoms with Gasteiger partial charge in [-0.25, -0.2) is 4.98 Å². The van der Waals surface area contributed by atoms with Gasteiger partial charge in [-0.3, -0.25) is 4.98 Å². The maximum Gasteiger partial charge on any atom is 0.142 e. The van der Waals surface area contributed by atoms with Crippen LogP contribution in [0.25, 0.3) is 22.2 Å². The van der Waals surface area contributed by atoms with E-state index in [-0.39, 0.29) is 0 Å². The largest absolute Gasteiger partial charge is 0.495 e. The third-order valence-corrected chi connectivity index (χ3v) is 5.01. The molecule has 1 aliphatic heterocycles. The predicted molar refractivity (Wildman–Crippen MR) is 103 cm³/mol. The van der Waals surface area contributed by atoms with E-state index in [0.29, 0.717) is 5.15 Å². The van der Waals surface area contributed by atoms with Crippen molar-refractivity contribution in [3.63, 3.8) is 0 Å². The molecule has 0 N–H and O–H groups in total. The SMILES string of the molecule is COc1cc(-c2cc3ncccc3c(Cl)n2)ccc1N1CCCCC1. The van der Waals surface area contributed by atoms with E-state index in [0.717, 1.165) is 46.7 Å². The lowest BCUT2D eigenvalue weighted by atomic mass is 10.1. The second-order valence-electron chi connectivity index (χ2n) is 6.30. The highest BCUT2D eigenvalue weighted by Gasteiger charge is 2.16. The zero-order valence-electron chi connectivity index (χ0n) is 14.2. The van der Waals surface area contributed by atoms with E-state index in [1.54, 1.807) is 13.3 Å². The van der Waals surface area contributed by atoms with Crippen LogP contribution in [0, 0.1) is 0 Å². The molecule has 3 aromatic rings. The Hall–Kier alpha value is -2.33. The molecule has 3 heterocycles. The first-order valence-electron chi connectivity index (χ1n) is 8.61. The number of halogens is 1. The van der Waals surface area contributed by atoms with Crippen LogP contribution >= 0.6 is 11.6 Å². The number of hydrogen-bond donors (Lipinski definition) is 0. The topological polar surface area (TPSA) is 38.3 Å². The summed E-state index contributed by atoms with van der Waals surface area (Å²) in [5.41, 5.74) is 3.78. The molecule has 0 unspecified atom stereocenters. The van der Waals surface area contributed by atoms with E-state index >= 15 is 0 Å². The minimum atomic E-state index is 0.472. The maximum absolute atomic E-state index is 6.35. The Morgan fingerprint density at radius 2 is 1.92 bits per heavy atom. The van der Waals surface area contributed by atoms with E-state index in [1.165, 1.54) is 19.3 Å². The van der Waals surface area contributed by atoms with E-state index in [4.69, 9.17) is 16.3 Å². The van der Waals surface area contributed by atoms with E-state index < -0.39 is 0 Å². The summed E-state index contributed by atoms with van der Waals surface area (Å²) in [6.45, 7) is 2.17. The number of methoxy groups -OCH3 is 1. The van der Waals surface area contributed by atoms with Crippen LogP contribution in [0.5, 0.6) is 5.75 Å². The molecule has 1 aromatic carbocycles. The number of aromatic nitrogens is 2. The molecule has 0 aliphatic carbocycles. The molecular formula is C20H20ClN3O. The number of benzene rings is 1. The van der Waals surface area contributed by atoms with Gasteiger partial charge in [0.15, 0.2) is 0 Å². The molecule has 128 valence electrons. The highest BCUT2D eigenvalue weighted by molar-refractivity contribution is 6.34. The van der Waals surface area contributed by atoms with Crippen molar-refractivity contribution >= 4 is 28.2 Å². The van der Waals surface area contributed by atoms with Crippen LogP contribution in [-0.2, 0) is 0 Å². The Kier molecular flexibility index (Phi) is 4.45. The van der Waals surface area contributed by atoms with E-state index in [2.05, 4.69) is 27.0 Å². The summed E-state index contributed by atoms with van der Waals surface area (Å²) in [5.74, 6) is 0.874. The Balaban J connectivity index is 1.75.